The van der Waals surface area contributed by atoms with Gasteiger partial charge >= 0.3 is 0 Å². The molecule has 3 nitrogen and oxygen atoms in total. The van der Waals surface area contributed by atoms with Crippen LogP contribution in [0, 0.1) is 5.82 Å². The number of hydrogen-bond donors (Lipinski definition) is 0. The Balaban J connectivity index is 2.19. The van der Waals surface area contributed by atoms with Gasteiger partial charge in [0, 0.05) is 17.1 Å². The second kappa shape index (κ2) is 5.84. The maximum absolute atomic E-state index is 13.1. The van der Waals surface area contributed by atoms with E-state index in [0.717, 1.165) is 4.47 Å². The van der Waals surface area contributed by atoms with Gasteiger partial charge in [-0.1, -0.05) is 6.07 Å². The van der Waals surface area contributed by atoms with Gasteiger partial charge in [0.1, 0.15) is 11.5 Å². The Hall–Kier alpha value is -1.88. The van der Waals surface area contributed by atoms with Crippen LogP contribution in [-0.2, 0) is 6.42 Å². The van der Waals surface area contributed by atoms with E-state index in [0.29, 0.717) is 17.5 Å². The zero-order valence-electron chi connectivity index (χ0n) is 9.77. The minimum Gasteiger partial charge on any atom is -0.298 e. The molecule has 0 saturated heterocycles. The Bertz CT molecular complexity index is 626. The zero-order valence-corrected chi connectivity index (χ0v) is 11.4. The molecular weight excluding hydrogens is 313 g/mol. The summed E-state index contributed by atoms with van der Waals surface area (Å²) >= 11 is 3.23. The van der Waals surface area contributed by atoms with Crippen molar-refractivity contribution in [2.75, 3.05) is 0 Å². The predicted octanol–water partition coefficient (Wildman–Crippen LogP) is 3.22. The number of aldehydes is 1. The Kier molecular flexibility index (Phi) is 4.16. The Labute approximate surface area is 117 Å². The van der Waals surface area contributed by atoms with Crippen LogP contribution in [0.4, 0.5) is 4.39 Å². The first-order valence-corrected chi connectivity index (χ1v) is 6.28. The highest BCUT2D eigenvalue weighted by atomic mass is 79.9. The van der Waals surface area contributed by atoms with Crippen molar-refractivity contribution in [3.63, 3.8) is 0 Å². The summed E-state index contributed by atoms with van der Waals surface area (Å²) in [5.41, 5.74) is 0.868. The molecule has 1 heterocycles. The lowest BCUT2D eigenvalue weighted by molar-refractivity contribution is 0.0987. The molecule has 0 saturated carbocycles. The third-order valence-electron chi connectivity index (χ3n) is 2.57. The normalized spacial score (nSPS) is 10.2. The number of rotatable bonds is 4. The van der Waals surface area contributed by atoms with Crippen LogP contribution in [0.5, 0.6) is 0 Å². The highest BCUT2D eigenvalue weighted by molar-refractivity contribution is 9.10. The average molecular weight is 322 g/mol. The van der Waals surface area contributed by atoms with Gasteiger partial charge in [0.05, 0.1) is 5.56 Å². The minimum atomic E-state index is -0.590. The van der Waals surface area contributed by atoms with E-state index in [4.69, 9.17) is 0 Å². The van der Waals surface area contributed by atoms with E-state index in [1.165, 1.54) is 24.4 Å². The molecule has 1 aromatic heterocycles. The summed E-state index contributed by atoms with van der Waals surface area (Å²) in [5, 5.41) is 0. The number of pyridine rings is 1. The topological polar surface area (TPSA) is 47.0 Å². The van der Waals surface area contributed by atoms with Gasteiger partial charge in [0.25, 0.3) is 0 Å². The maximum Gasteiger partial charge on any atom is 0.185 e. The van der Waals surface area contributed by atoms with Crippen LogP contribution in [0.1, 0.15) is 26.4 Å². The van der Waals surface area contributed by atoms with Crippen LogP contribution < -0.4 is 0 Å². The molecule has 0 N–H and O–H groups in total. The average Bonchev–Trinajstić information content (AvgIpc) is 2.41. The van der Waals surface area contributed by atoms with E-state index in [-0.39, 0.29) is 17.8 Å². The van der Waals surface area contributed by atoms with Crippen LogP contribution in [0.15, 0.2) is 41.0 Å². The molecule has 0 atom stereocenters. The predicted molar refractivity (Wildman–Crippen MR) is 71.8 cm³/mol. The van der Waals surface area contributed by atoms with E-state index in [1.807, 2.05) is 0 Å². The van der Waals surface area contributed by atoms with Crippen molar-refractivity contribution < 1.29 is 14.0 Å². The van der Waals surface area contributed by atoms with E-state index >= 15 is 0 Å². The lowest BCUT2D eigenvalue weighted by Crippen LogP contribution is -2.06. The summed E-state index contributed by atoms with van der Waals surface area (Å²) in [6, 6.07) is 7.37. The summed E-state index contributed by atoms with van der Waals surface area (Å²) in [6.07, 6.45) is 2.05. The molecule has 0 bridgehead atoms. The molecule has 96 valence electrons. The van der Waals surface area contributed by atoms with Crippen LogP contribution in [-0.4, -0.2) is 17.1 Å². The SMILES string of the molecule is O=Cc1cc(CC(=O)c2ccc(Br)cn2)ccc1F. The number of carbonyl (C=O) groups excluding carboxylic acids is 2. The summed E-state index contributed by atoms with van der Waals surface area (Å²) < 4.78 is 13.9. The zero-order chi connectivity index (χ0) is 13.8. The largest absolute Gasteiger partial charge is 0.298 e. The summed E-state index contributed by atoms with van der Waals surface area (Å²) in [6.45, 7) is 0. The van der Waals surface area contributed by atoms with Gasteiger partial charge in [0.2, 0.25) is 0 Å². The third kappa shape index (κ3) is 3.32. The standard InChI is InChI=1S/C14H9BrFNO2/c15-11-2-4-13(17-7-11)14(19)6-9-1-3-12(16)10(5-9)8-18/h1-5,7-8H,6H2. The second-order valence-corrected chi connectivity index (χ2v) is 4.85. The fraction of sp³-hybridized carbons (Fsp3) is 0.0714. The summed E-state index contributed by atoms with van der Waals surface area (Å²) in [5.74, 6) is -0.774. The summed E-state index contributed by atoms with van der Waals surface area (Å²) in [7, 11) is 0. The molecule has 0 aliphatic rings. The molecule has 0 aliphatic carbocycles. The van der Waals surface area contributed by atoms with Crippen molar-refractivity contribution >= 4 is 28.0 Å². The van der Waals surface area contributed by atoms with Crippen LogP contribution in [0.2, 0.25) is 0 Å². The van der Waals surface area contributed by atoms with Gasteiger partial charge in [-0.25, -0.2) is 4.39 Å². The number of halogens is 2. The number of Topliss-reactive ketones (excluding diaryl/α,β-unsaturated/α-hetero) is 1. The van der Waals surface area contributed by atoms with E-state index in [2.05, 4.69) is 20.9 Å². The molecule has 0 amide bonds. The maximum atomic E-state index is 13.1. The van der Waals surface area contributed by atoms with Crippen molar-refractivity contribution in [3.05, 3.63) is 63.6 Å². The van der Waals surface area contributed by atoms with E-state index in [9.17, 15) is 14.0 Å². The molecule has 0 fully saturated rings. The molecule has 5 heteroatoms. The minimum absolute atomic E-state index is 0.0472. The Morgan fingerprint density at radius 2 is 2.11 bits per heavy atom. The molecule has 2 aromatic rings. The molecular formula is C14H9BrFNO2. The van der Waals surface area contributed by atoms with Crippen LogP contribution >= 0.6 is 15.9 Å². The van der Waals surface area contributed by atoms with Crippen molar-refractivity contribution in [1.82, 2.24) is 4.98 Å². The second-order valence-electron chi connectivity index (χ2n) is 3.94. The third-order valence-corrected chi connectivity index (χ3v) is 3.03. The number of aromatic nitrogens is 1. The molecule has 0 aliphatic heterocycles. The van der Waals surface area contributed by atoms with Crippen LogP contribution in [0.3, 0.4) is 0 Å². The fourth-order valence-electron chi connectivity index (χ4n) is 1.61. The molecule has 19 heavy (non-hydrogen) atoms. The van der Waals surface area contributed by atoms with Gasteiger partial charge in [-0.3, -0.25) is 14.6 Å². The smallest absolute Gasteiger partial charge is 0.185 e. The molecule has 1 aromatic carbocycles. The Morgan fingerprint density at radius 3 is 2.74 bits per heavy atom. The first kappa shape index (κ1) is 13.5. The molecule has 0 radical (unpaired) electrons. The lowest BCUT2D eigenvalue weighted by Gasteiger charge is -2.03. The van der Waals surface area contributed by atoms with Gasteiger partial charge in [-0.15, -0.1) is 0 Å². The van der Waals surface area contributed by atoms with Gasteiger partial charge in [-0.2, -0.15) is 0 Å². The van der Waals surface area contributed by atoms with Gasteiger partial charge < -0.3 is 0 Å². The number of benzene rings is 1. The number of carbonyl (C=O) groups is 2. The monoisotopic (exact) mass is 321 g/mol. The number of hydrogen-bond acceptors (Lipinski definition) is 3. The van der Waals surface area contributed by atoms with Crippen molar-refractivity contribution in [2.45, 2.75) is 6.42 Å². The first-order chi connectivity index (χ1) is 9.10. The fourth-order valence-corrected chi connectivity index (χ4v) is 1.84. The summed E-state index contributed by atoms with van der Waals surface area (Å²) in [4.78, 5) is 26.6. The highest BCUT2D eigenvalue weighted by Gasteiger charge is 2.10. The Morgan fingerprint density at radius 1 is 1.32 bits per heavy atom. The molecule has 2 rings (SSSR count). The van der Waals surface area contributed by atoms with Crippen molar-refractivity contribution in [1.29, 1.82) is 0 Å². The molecule has 0 unspecified atom stereocenters. The van der Waals surface area contributed by atoms with Crippen molar-refractivity contribution in [3.8, 4) is 0 Å². The molecule has 0 spiro atoms. The van der Waals surface area contributed by atoms with E-state index < -0.39 is 5.82 Å². The quantitative estimate of drug-likeness (QED) is 0.641. The van der Waals surface area contributed by atoms with Gasteiger partial charge in [-0.05, 0) is 45.8 Å². The lowest BCUT2D eigenvalue weighted by atomic mass is 10.0. The van der Waals surface area contributed by atoms with E-state index in [1.54, 1.807) is 12.1 Å². The number of ketones is 1. The van der Waals surface area contributed by atoms with Gasteiger partial charge in [0.15, 0.2) is 12.1 Å². The number of nitrogens with zero attached hydrogens (tertiary/aromatic N) is 1. The van der Waals surface area contributed by atoms with Crippen LogP contribution in [0.25, 0.3) is 0 Å². The highest BCUT2D eigenvalue weighted by Crippen LogP contribution is 2.13. The van der Waals surface area contributed by atoms with Crippen molar-refractivity contribution in [2.24, 2.45) is 0 Å². The first-order valence-electron chi connectivity index (χ1n) is 5.48.